The van der Waals surface area contributed by atoms with Gasteiger partial charge in [-0.3, -0.25) is 4.79 Å². The summed E-state index contributed by atoms with van der Waals surface area (Å²) in [7, 11) is -1.82. The van der Waals surface area contributed by atoms with Gasteiger partial charge in [-0.1, -0.05) is 6.07 Å². The Kier molecular flexibility index (Phi) is 5.11. The van der Waals surface area contributed by atoms with Gasteiger partial charge in [-0.05, 0) is 58.7 Å². The van der Waals surface area contributed by atoms with E-state index in [2.05, 4.69) is 21.2 Å². The fourth-order valence-corrected chi connectivity index (χ4v) is 3.04. The fourth-order valence-electron chi connectivity index (χ4n) is 1.96. The molecule has 1 N–H and O–H groups in total. The Labute approximate surface area is 143 Å². The van der Waals surface area contributed by atoms with Crippen molar-refractivity contribution in [2.75, 3.05) is 18.7 Å². The van der Waals surface area contributed by atoms with E-state index >= 15 is 0 Å². The minimum absolute atomic E-state index is 0.156. The smallest absolute Gasteiger partial charge is 0.256 e. The molecule has 0 aromatic heterocycles. The van der Waals surface area contributed by atoms with Crippen LogP contribution in [0.3, 0.4) is 0 Å². The lowest BCUT2D eigenvalue weighted by Gasteiger charge is -2.12. The van der Waals surface area contributed by atoms with Crippen molar-refractivity contribution in [3.63, 3.8) is 0 Å². The van der Waals surface area contributed by atoms with Crippen molar-refractivity contribution < 1.29 is 17.9 Å². The van der Waals surface area contributed by atoms with E-state index in [1.807, 2.05) is 0 Å². The van der Waals surface area contributed by atoms with Crippen molar-refractivity contribution in [2.24, 2.45) is 0 Å². The molecule has 0 heterocycles. The molecule has 0 unspecified atom stereocenters. The van der Waals surface area contributed by atoms with Gasteiger partial charge in [0.05, 0.1) is 17.6 Å². The Morgan fingerprint density at radius 1 is 1.17 bits per heavy atom. The maximum atomic E-state index is 12.5. The molecule has 122 valence electrons. The molecule has 0 aliphatic rings. The molecule has 2 aromatic carbocycles. The van der Waals surface area contributed by atoms with Crippen LogP contribution in [0, 0.1) is 6.92 Å². The number of benzene rings is 2. The van der Waals surface area contributed by atoms with Crippen LogP contribution < -0.4 is 10.1 Å². The van der Waals surface area contributed by atoms with Crippen molar-refractivity contribution in [3.8, 4) is 5.75 Å². The number of carbonyl (C=O) groups is 1. The van der Waals surface area contributed by atoms with Gasteiger partial charge < -0.3 is 10.1 Å². The predicted octanol–water partition coefficient (Wildman–Crippen LogP) is 3.42. The summed E-state index contributed by atoms with van der Waals surface area (Å²) in [5.74, 6) is 0.199. The van der Waals surface area contributed by atoms with E-state index in [1.165, 1.54) is 19.2 Å². The Morgan fingerprint density at radius 2 is 1.87 bits per heavy atom. The van der Waals surface area contributed by atoms with E-state index in [0.717, 1.165) is 11.8 Å². The van der Waals surface area contributed by atoms with E-state index in [0.29, 0.717) is 21.5 Å². The second kappa shape index (κ2) is 6.72. The number of sulfone groups is 1. The van der Waals surface area contributed by atoms with Gasteiger partial charge in [0.15, 0.2) is 9.84 Å². The summed E-state index contributed by atoms with van der Waals surface area (Å²) in [6.07, 6.45) is 1.13. The summed E-state index contributed by atoms with van der Waals surface area (Å²) >= 11 is 3.33. The Bertz CT molecular complexity index is 862. The first-order chi connectivity index (χ1) is 10.7. The summed E-state index contributed by atoms with van der Waals surface area (Å²) in [4.78, 5) is 12.6. The van der Waals surface area contributed by atoms with Crippen LogP contribution in [0.5, 0.6) is 5.75 Å². The highest BCUT2D eigenvalue weighted by atomic mass is 79.9. The third kappa shape index (κ3) is 4.11. The molecule has 2 rings (SSSR count). The normalized spacial score (nSPS) is 11.1. The lowest BCUT2D eigenvalue weighted by atomic mass is 10.1. The van der Waals surface area contributed by atoms with Gasteiger partial charge >= 0.3 is 0 Å². The number of carbonyl (C=O) groups excluding carboxylic acids is 1. The largest absolute Gasteiger partial charge is 0.497 e. The van der Waals surface area contributed by atoms with Crippen LogP contribution in [0.1, 0.15) is 15.9 Å². The van der Waals surface area contributed by atoms with Crippen LogP contribution in [0.2, 0.25) is 0 Å². The average Bonchev–Trinajstić information content (AvgIpc) is 2.48. The minimum Gasteiger partial charge on any atom is -0.497 e. The Morgan fingerprint density at radius 3 is 2.48 bits per heavy atom. The second-order valence-electron chi connectivity index (χ2n) is 5.05. The van der Waals surface area contributed by atoms with Crippen LogP contribution >= 0.6 is 15.9 Å². The summed E-state index contributed by atoms with van der Waals surface area (Å²) in [5.41, 5.74) is 1.62. The number of aryl methyl sites for hydroxylation is 1. The summed E-state index contributed by atoms with van der Waals surface area (Å²) in [6.45, 7) is 1.79. The number of nitrogens with one attached hydrogen (secondary N) is 1. The molecule has 0 spiro atoms. The molecule has 0 fully saturated rings. The molecule has 2 aromatic rings. The summed E-state index contributed by atoms with van der Waals surface area (Å²) in [5, 5.41) is 2.74. The van der Waals surface area contributed by atoms with Gasteiger partial charge in [0.2, 0.25) is 0 Å². The third-order valence-electron chi connectivity index (χ3n) is 3.30. The summed E-state index contributed by atoms with van der Waals surface area (Å²) in [6, 6.07) is 9.68. The second-order valence-corrected chi connectivity index (χ2v) is 7.92. The molecule has 5 nitrogen and oxygen atoms in total. The average molecular weight is 398 g/mol. The first-order valence-electron chi connectivity index (χ1n) is 6.68. The quantitative estimate of drug-likeness (QED) is 0.857. The first-order valence-corrected chi connectivity index (χ1v) is 9.36. The number of methoxy groups -OCH3 is 1. The minimum atomic E-state index is -3.34. The van der Waals surface area contributed by atoms with E-state index in [-0.39, 0.29) is 10.8 Å². The van der Waals surface area contributed by atoms with Crippen molar-refractivity contribution in [1.82, 2.24) is 0 Å². The fraction of sp³-hybridized carbons (Fsp3) is 0.188. The zero-order chi connectivity index (χ0) is 17.2. The maximum absolute atomic E-state index is 12.5. The van der Waals surface area contributed by atoms with Gasteiger partial charge in [0.1, 0.15) is 5.75 Å². The van der Waals surface area contributed by atoms with Crippen LogP contribution in [-0.2, 0) is 9.84 Å². The van der Waals surface area contributed by atoms with Gasteiger partial charge in [0, 0.05) is 16.4 Å². The molecule has 0 bridgehead atoms. The highest BCUT2D eigenvalue weighted by Gasteiger charge is 2.15. The van der Waals surface area contributed by atoms with Crippen molar-refractivity contribution in [2.45, 2.75) is 11.8 Å². The molecule has 0 aliphatic heterocycles. The highest BCUT2D eigenvalue weighted by Crippen LogP contribution is 2.25. The van der Waals surface area contributed by atoms with E-state index in [9.17, 15) is 13.2 Å². The molecular formula is C16H16BrNO4S. The molecule has 1 amide bonds. The summed E-state index contributed by atoms with van der Waals surface area (Å²) < 4.78 is 29.0. The number of amides is 1. The molecule has 0 saturated heterocycles. The zero-order valence-electron chi connectivity index (χ0n) is 12.9. The van der Waals surface area contributed by atoms with E-state index in [4.69, 9.17) is 4.74 Å². The Balaban J connectivity index is 2.37. The van der Waals surface area contributed by atoms with Crippen LogP contribution in [0.4, 0.5) is 5.69 Å². The number of hydrogen-bond donors (Lipinski definition) is 1. The highest BCUT2D eigenvalue weighted by molar-refractivity contribution is 9.10. The standard InChI is InChI=1S/C16H16BrNO4S/c1-10-4-6-12(23(3,20)21)9-15(10)18-16(19)13-8-11(22-2)5-7-14(13)17/h4-9H,1-3H3,(H,18,19). The molecule has 7 heteroatoms. The Hall–Kier alpha value is -1.86. The van der Waals surface area contributed by atoms with Crippen LogP contribution in [0.15, 0.2) is 45.8 Å². The molecule has 0 saturated carbocycles. The van der Waals surface area contributed by atoms with Gasteiger partial charge in [-0.25, -0.2) is 8.42 Å². The maximum Gasteiger partial charge on any atom is 0.256 e. The van der Waals surface area contributed by atoms with Crippen molar-refractivity contribution in [1.29, 1.82) is 0 Å². The van der Waals surface area contributed by atoms with E-state index < -0.39 is 9.84 Å². The van der Waals surface area contributed by atoms with Crippen molar-refractivity contribution >= 4 is 37.4 Å². The molecular weight excluding hydrogens is 382 g/mol. The van der Waals surface area contributed by atoms with E-state index in [1.54, 1.807) is 31.2 Å². The lowest BCUT2D eigenvalue weighted by Crippen LogP contribution is -2.14. The molecule has 23 heavy (non-hydrogen) atoms. The number of rotatable bonds is 4. The monoisotopic (exact) mass is 397 g/mol. The van der Waals surface area contributed by atoms with Gasteiger partial charge in [-0.15, -0.1) is 0 Å². The number of ether oxygens (including phenoxy) is 1. The predicted molar refractivity (Wildman–Crippen MR) is 92.9 cm³/mol. The molecule has 0 radical (unpaired) electrons. The first kappa shape index (κ1) is 17.5. The molecule has 0 aliphatic carbocycles. The van der Waals surface area contributed by atoms with Gasteiger partial charge in [0.25, 0.3) is 5.91 Å². The number of hydrogen-bond acceptors (Lipinski definition) is 4. The zero-order valence-corrected chi connectivity index (χ0v) is 15.3. The number of halogens is 1. The van der Waals surface area contributed by atoms with Crippen molar-refractivity contribution in [3.05, 3.63) is 52.0 Å². The molecule has 0 atom stereocenters. The third-order valence-corrected chi connectivity index (χ3v) is 5.11. The number of anilines is 1. The topological polar surface area (TPSA) is 72.5 Å². The van der Waals surface area contributed by atoms with Crippen LogP contribution in [0.25, 0.3) is 0 Å². The SMILES string of the molecule is COc1ccc(Br)c(C(=O)Nc2cc(S(C)(=O)=O)ccc2C)c1. The lowest BCUT2D eigenvalue weighted by molar-refractivity contribution is 0.102. The van der Waals surface area contributed by atoms with Crippen LogP contribution in [-0.4, -0.2) is 27.7 Å². The van der Waals surface area contributed by atoms with Gasteiger partial charge in [-0.2, -0.15) is 0 Å².